The van der Waals surface area contributed by atoms with Crippen molar-refractivity contribution in [3.8, 4) is 22.5 Å². The van der Waals surface area contributed by atoms with Gasteiger partial charge in [-0.25, -0.2) is 9.97 Å². The van der Waals surface area contributed by atoms with Crippen LogP contribution in [0.25, 0.3) is 10.7 Å². The third kappa shape index (κ3) is 10.9. The summed E-state index contributed by atoms with van der Waals surface area (Å²) in [5, 5.41) is 23.3. The number of thiophene rings is 1. The van der Waals surface area contributed by atoms with Crippen LogP contribution in [-0.4, -0.2) is 173 Å². The summed E-state index contributed by atoms with van der Waals surface area (Å²) in [5.41, 5.74) is -5.09. The monoisotopic (exact) mass is 1020 g/mol. The van der Waals surface area contributed by atoms with E-state index in [1.54, 1.807) is 52.2 Å². The predicted molar refractivity (Wildman–Crippen MR) is 268 cm³/mol. The number of methoxy groups -OCH3 is 1. The van der Waals surface area contributed by atoms with Crippen molar-refractivity contribution < 1.29 is 62.5 Å². The van der Waals surface area contributed by atoms with Gasteiger partial charge in [-0.3, -0.25) is 19.3 Å². The quantitative estimate of drug-likeness (QED) is 0.155. The lowest BCUT2D eigenvalue weighted by Gasteiger charge is -2.50. The first-order chi connectivity index (χ1) is 33.9. The van der Waals surface area contributed by atoms with Gasteiger partial charge < -0.3 is 53.0 Å². The zero-order valence-corrected chi connectivity index (χ0v) is 45.2. The molecule has 2 N–H and O–H groups in total. The molecule has 0 spiro atoms. The van der Waals surface area contributed by atoms with Crippen molar-refractivity contribution >= 4 is 29.1 Å². The second-order valence-corrected chi connectivity index (χ2v) is 23.0. The maximum Gasteiger partial charge on any atom is 0.324 e. The van der Waals surface area contributed by atoms with Crippen LogP contribution in [0.4, 0.5) is 0 Å². The van der Waals surface area contributed by atoms with Crippen molar-refractivity contribution in [2.75, 3.05) is 40.9 Å². The van der Waals surface area contributed by atoms with Gasteiger partial charge in [-0.2, -0.15) is 0 Å². The van der Waals surface area contributed by atoms with Gasteiger partial charge in [-0.1, -0.05) is 45.6 Å². The Morgan fingerprint density at radius 1 is 0.986 bits per heavy atom. The van der Waals surface area contributed by atoms with E-state index in [4.69, 9.17) is 37.9 Å². The maximum atomic E-state index is 15.7. The molecule has 19 atom stereocenters. The summed E-state index contributed by atoms with van der Waals surface area (Å²) < 4.78 is 52.9. The molecule has 5 aliphatic heterocycles. The van der Waals surface area contributed by atoms with Crippen LogP contribution >= 0.6 is 11.3 Å². The fourth-order valence-electron chi connectivity index (χ4n) is 12.6. The van der Waals surface area contributed by atoms with E-state index in [2.05, 4.69) is 28.4 Å². The number of likely N-dealkylation sites (N-methyl/N-ethyl adjacent to an activating group) is 1. The molecular weight excluding hydrogens is 945 g/mol. The number of aliphatic hydroxyl groups excluding tert-OH is 2. The van der Waals surface area contributed by atoms with Crippen LogP contribution in [0.1, 0.15) is 99.8 Å². The molecule has 5 aliphatic rings. The molecule has 2 aromatic heterocycles. The standard InChI is InChI=1S/C54H78N4O13S/c1-15-24-58-29-51(8)43-40(58)49(63)71-54(43,11)38(16-2)68-48(62)33(6)42(69-39-28-52(9,64-14)45(61)34(7)67-39)32(5)46(70-50-41(59)36(57(12)13)26-31(4)66-50)53(10,27-30(3)44(51)60)65-25-17-19-35-20-21-37(72-35)47-55-22-18-23-56-47/h15,18,20-23,30-34,36,38-43,45-46,50,59,61H,1,16,24-29H2,2-14H3/t30-,31-,32-,33-,34+,36+,38-,39+,40-,41-,42?,43-,45+,46-,50+,51-,52-,53+,54-/m1/s1. The van der Waals surface area contributed by atoms with E-state index >= 15 is 9.59 Å². The number of cyclic esters (lactones) is 1. The molecule has 0 bridgehead atoms. The largest absolute Gasteiger partial charge is 0.458 e. The van der Waals surface area contributed by atoms with Crippen LogP contribution in [0.15, 0.2) is 43.2 Å². The van der Waals surface area contributed by atoms with E-state index < -0.39 is 113 Å². The maximum absolute atomic E-state index is 15.7. The Morgan fingerprint density at radius 3 is 2.35 bits per heavy atom. The molecule has 18 heteroatoms. The lowest BCUT2D eigenvalue weighted by molar-refractivity contribution is -0.320. The van der Waals surface area contributed by atoms with Crippen LogP contribution in [0.5, 0.6) is 0 Å². The first-order valence-electron chi connectivity index (χ1n) is 25.5. The number of hydrogen-bond donors (Lipinski definition) is 2. The van der Waals surface area contributed by atoms with Crippen LogP contribution in [0.3, 0.4) is 0 Å². The van der Waals surface area contributed by atoms with E-state index in [0.29, 0.717) is 18.8 Å². The second kappa shape index (κ2) is 22.2. The molecule has 0 saturated carbocycles. The summed E-state index contributed by atoms with van der Waals surface area (Å²) in [4.78, 5) is 59.3. The summed E-state index contributed by atoms with van der Waals surface area (Å²) in [6.07, 6.45) is -2.40. The minimum absolute atomic E-state index is 0.0695. The van der Waals surface area contributed by atoms with Crippen molar-refractivity contribution in [3.05, 3.63) is 48.1 Å². The van der Waals surface area contributed by atoms with Crippen LogP contribution in [-0.2, 0) is 52.3 Å². The number of aliphatic hydroxyl groups is 2. The molecule has 398 valence electrons. The van der Waals surface area contributed by atoms with Crippen molar-refractivity contribution in [3.63, 3.8) is 0 Å². The highest BCUT2D eigenvalue weighted by molar-refractivity contribution is 7.15. The number of rotatable bonds is 12. The Hall–Kier alpha value is -3.71. The number of aromatic nitrogens is 2. The molecule has 7 rings (SSSR count). The SMILES string of the molecule is C=CCN1C[C@@]2(C)C(=O)[C@H](C)C[C@](C)(OCC#Cc3ccc(-c4ncccn4)s3)[C@H](O[C@@H]3O[C@H](C)C[C@H](N(C)C)[C@H]3O)[C@H](C)C(O[C@H]3C[C@@](C)(OC)[C@@H](O)[C@H](C)O3)[C@@H](C)C(=O)O[C@H](CC)[C@@]3(C)OC(=O)[C@H]1[C@@H]32. The topological polar surface area (TPSA) is 198 Å². The summed E-state index contributed by atoms with van der Waals surface area (Å²) in [7, 11) is 5.31. The summed E-state index contributed by atoms with van der Waals surface area (Å²) in [5.74, 6) is 2.45. The Balaban J connectivity index is 1.38. The Morgan fingerprint density at radius 2 is 1.69 bits per heavy atom. The molecule has 17 nitrogen and oxygen atoms in total. The first kappa shape index (κ1) is 56.0. The van der Waals surface area contributed by atoms with Gasteiger partial charge in [-0.15, -0.1) is 17.9 Å². The molecule has 7 heterocycles. The third-order valence-electron chi connectivity index (χ3n) is 16.3. The van der Waals surface area contributed by atoms with Gasteiger partial charge in [0.15, 0.2) is 24.0 Å². The lowest BCUT2D eigenvalue weighted by Crippen LogP contribution is -2.61. The zero-order valence-electron chi connectivity index (χ0n) is 44.4. The number of nitrogens with zero attached hydrogens (tertiary/aromatic N) is 4. The van der Waals surface area contributed by atoms with Crippen LogP contribution < -0.4 is 0 Å². The minimum atomic E-state index is -1.43. The zero-order chi connectivity index (χ0) is 52.7. The average Bonchev–Trinajstić information content (AvgIpc) is 4.03. The highest BCUT2D eigenvalue weighted by Gasteiger charge is 2.71. The Bertz CT molecular complexity index is 2310. The number of ether oxygens (including phenoxy) is 8. The van der Waals surface area contributed by atoms with Crippen LogP contribution in [0.2, 0.25) is 0 Å². The molecule has 0 radical (unpaired) electrons. The molecule has 0 aromatic carbocycles. The number of carbonyl (C=O) groups is 3. The molecule has 5 fully saturated rings. The number of likely N-dealkylation sites (tertiary alicyclic amines) is 1. The molecule has 5 saturated heterocycles. The van der Waals surface area contributed by atoms with E-state index in [1.165, 1.54) is 18.4 Å². The van der Waals surface area contributed by atoms with E-state index in [-0.39, 0.29) is 50.3 Å². The molecule has 1 unspecified atom stereocenters. The third-order valence-corrected chi connectivity index (χ3v) is 17.3. The molecule has 72 heavy (non-hydrogen) atoms. The average molecular weight is 1020 g/mol. The Kier molecular flexibility index (Phi) is 17.3. The van der Waals surface area contributed by atoms with Gasteiger partial charge in [0.1, 0.15) is 36.7 Å². The van der Waals surface area contributed by atoms with E-state index in [9.17, 15) is 15.0 Å². The van der Waals surface area contributed by atoms with Crippen molar-refractivity contribution in [2.45, 2.75) is 179 Å². The van der Waals surface area contributed by atoms with Crippen molar-refractivity contribution in [1.82, 2.24) is 19.8 Å². The smallest absolute Gasteiger partial charge is 0.324 e. The second-order valence-electron chi connectivity index (χ2n) is 21.9. The number of Topliss-reactive ketones (excluding diaryl/α,β-unsaturated/α-hetero) is 1. The number of esters is 2. The van der Waals surface area contributed by atoms with Gasteiger partial charge in [0.25, 0.3) is 0 Å². The highest BCUT2D eigenvalue weighted by Crippen LogP contribution is 2.56. The molecular formula is C54H78N4O13S. The van der Waals surface area contributed by atoms with Gasteiger partial charge >= 0.3 is 11.9 Å². The van der Waals surface area contributed by atoms with E-state index in [1.807, 2.05) is 77.6 Å². The van der Waals surface area contributed by atoms with Gasteiger partial charge in [0, 0.05) is 68.2 Å². The summed E-state index contributed by atoms with van der Waals surface area (Å²) >= 11 is 1.44. The number of hydrogen-bond acceptors (Lipinski definition) is 18. The van der Waals surface area contributed by atoms with E-state index in [0.717, 1.165) is 9.75 Å². The predicted octanol–water partition coefficient (Wildman–Crippen LogP) is 5.44. The number of carbonyl (C=O) groups excluding carboxylic acids is 3. The lowest BCUT2D eigenvalue weighted by atomic mass is 9.62. The van der Waals surface area contributed by atoms with Crippen LogP contribution in [0, 0.1) is 40.9 Å². The first-order valence-corrected chi connectivity index (χ1v) is 26.3. The van der Waals surface area contributed by atoms with Gasteiger partial charge in [0.2, 0.25) is 0 Å². The summed E-state index contributed by atoms with van der Waals surface area (Å²) in [6, 6.07) is 4.42. The fraction of sp³-hybridized carbons (Fsp3) is 0.722. The molecule has 2 aromatic rings. The molecule has 0 amide bonds. The van der Waals surface area contributed by atoms with Crippen molar-refractivity contribution in [1.29, 1.82) is 0 Å². The number of ketones is 1. The molecule has 0 aliphatic carbocycles. The normalized spacial score (nSPS) is 42.0. The summed E-state index contributed by atoms with van der Waals surface area (Å²) in [6.45, 7) is 22.7. The Labute approximate surface area is 429 Å². The minimum Gasteiger partial charge on any atom is -0.458 e. The van der Waals surface area contributed by atoms with Gasteiger partial charge in [-0.05, 0) is 93.1 Å². The van der Waals surface area contributed by atoms with Gasteiger partial charge in [0.05, 0.1) is 51.3 Å². The highest BCUT2D eigenvalue weighted by atomic mass is 32.1. The fourth-order valence-corrected chi connectivity index (χ4v) is 13.5. The van der Waals surface area contributed by atoms with Crippen molar-refractivity contribution in [2.24, 2.45) is 29.1 Å².